The van der Waals surface area contributed by atoms with Crippen LogP contribution in [0.15, 0.2) is 12.4 Å². The van der Waals surface area contributed by atoms with Gasteiger partial charge in [0.25, 0.3) is 0 Å². The van der Waals surface area contributed by atoms with Crippen molar-refractivity contribution in [1.29, 1.82) is 0 Å². The Hall–Kier alpha value is -0.870. The summed E-state index contributed by atoms with van der Waals surface area (Å²) < 4.78 is 7.53. The number of hydrogen-bond acceptors (Lipinski definition) is 3. The van der Waals surface area contributed by atoms with Crippen LogP contribution in [0, 0.1) is 0 Å². The van der Waals surface area contributed by atoms with Crippen LogP contribution in [0.3, 0.4) is 0 Å². The van der Waals surface area contributed by atoms with Crippen molar-refractivity contribution in [3.05, 3.63) is 18.2 Å². The Labute approximate surface area is 97.8 Å². The molecule has 0 aliphatic carbocycles. The van der Waals surface area contributed by atoms with Crippen molar-refractivity contribution in [2.24, 2.45) is 12.8 Å². The third kappa shape index (κ3) is 2.83. The van der Waals surface area contributed by atoms with Crippen LogP contribution in [0.4, 0.5) is 0 Å². The lowest BCUT2D eigenvalue weighted by Gasteiger charge is -2.33. The molecule has 16 heavy (non-hydrogen) atoms. The highest BCUT2D eigenvalue weighted by molar-refractivity contribution is 4.94. The summed E-state index contributed by atoms with van der Waals surface area (Å²) in [6.45, 7) is 4.17. The maximum absolute atomic E-state index is 6.18. The summed E-state index contributed by atoms with van der Waals surface area (Å²) >= 11 is 0. The molecule has 4 nitrogen and oxygen atoms in total. The zero-order valence-corrected chi connectivity index (χ0v) is 10.7. The Morgan fingerprint density at radius 3 is 2.75 bits per heavy atom. The lowest BCUT2D eigenvalue weighted by molar-refractivity contribution is -0.0206. The van der Waals surface area contributed by atoms with Crippen molar-refractivity contribution in [3.63, 3.8) is 0 Å². The molecule has 1 rings (SSSR count). The van der Waals surface area contributed by atoms with Crippen LogP contribution in [0.2, 0.25) is 0 Å². The van der Waals surface area contributed by atoms with E-state index < -0.39 is 0 Å². The predicted octanol–water partition coefficient (Wildman–Crippen LogP) is 1.50. The van der Waals surface area contributed by atoms with Crippen LogP contribution in [0.25, 0.3) is 0 Å². The molecule has 2 unspecified atom stereocenters. The van der Waals surface area contributed by atoms with E-state index in [0.29, 0.717) is 0 Å². The van der Waals surface area contributed by atoms with Gasteiger partial charge in [-0.2, -0.15) is 0 Å². The van der Waals surface area contributed by atoms with Gasteiger partial charge >= 0.3 is 0 Å². The second-order valence-corrected chi connectivity index (χ2v) is 4.47. The normalized spacial score (nSPS) is 17.1. The highest BCUT2D eigenvalue weighted by Crippen LogP contribution is 2.20. The molecule has 92 valence electrons. The van der Waals surface area contributed by atoms with Crippen LogP contribution in [0.1, 0.15) is 32.5 Å². The third-order valence-corrected chi connectivity index (χ3v) is 3.55. The maximum Gasteiger partial charge on any atom is 0.108 e. The number of nitrogens with two attached hydrogens (primary N) is 1. The molecule has 0 saturated carbocycles. The topological polar surface area (TPSA) is 53.1 Å². The quantitative estimate of drug-likeness (QED) is 0.798. The van der Waals surface area contributed by atoms with Gasteiger partial charge in [-0.15, -0.1) is 0 Å². The summed E-state index contributed by atoms with van der Waals surface area (Å²) in [5.74, 6) is 1.07. The Morgan fingerprint density at radius 1 is 1.62 bits per heavy atom. The number of ether oxygens (including phenoxy) is 1. The van der Waals surface area contributed by atoms with Crippen molar-refractivity contribution < 1.29 is 4.74 Å². The second-order valence-electron chi connectivity index (χ2n) is 4.47. The van der Waals surface area contributed by atoms with Gasteiger partial charge in [-0.25, -0.2) is 4.98 Å². The van der Waals surface area contributed by atoms with Crippen molar-refractivity contribution in [2.75, 3.05) is 7.11 Å². The van der Waals surface area contributed by atoms with Crippen LogP contribution in [-0.2, 0) is 18.2 Å². The summed E-state index contributed by atoms with van der Waals surface area (Å²) in [5, 5.41) is 0. The summed E-state index contributed by atoms with van der Waals surface area (Å²) in [6.07, 6.45) is 6.48. The van der Waals surface area contributed by atoms with Gasteiger partial charge in [0.15, 0.2) is 0 Å². The van der Waals surface area contributed by atoms with E-state index in [1.807, 2.05) is 24.0 Å². The van der Waals surface area contributed by atoms with E-state index in [2.05, 4.69) is 18.8 Å². The number of rotatable bonds is 6. The molecule has 2 atom stereocenters. The molecule has 0 aromatic carbocycles. The molecule has 1 aromatic rings. The monoisotopic (exact) mass is 225 g/mol. The first-order chi connectivity index (χ1) is 7.53. The predicted molar refractivity (Wildman–Crippen MR) is 65.2 cm³/mol. The lowest BCUT2D eigenvalue weighted by Crippen LogP contribution is -2.47. The highest BCUT2D eigenvalue weighted by atomic mass is 16.5. The third-order valence-electron chi connectivity index (χ3n) is 3.55. The van der Waals surface area contributed by atoms with E-state index in [9.17, 15) is 0 Å². The minimum Gasteiger partial charge on any atom is -0.377 e. The SMILES string of the molecule is CCC(C)(OC)C(N)CCc1nccn1C. The van der Waals surface area contributed by atoms with E-state index >= 15 is 0 Å². The number of hydrogen-bond donors (Lipinski definition) is 1. The van der Waals surface area contributed by atoms with Gasteiger partial charge in [-0.05, 0) is 19.8 Å². The minimum absolute atomic E-state index is 0.0409. The van der Waals surface area contributed by atoms with Gasteiger partial charge in [-0.1, -0.05) is 6.92 Å². The van der Waals surface area contributed by atoms with E-state index in [-0.39, 0.29) is 11.6 Å². The lowest BCUT2D eigenvalue weighted by atomic mass is 9.90. The Morgan fingerprint density at radius 2 is 2.31 bits per heavy atom. The van der Waals surface area contributed by atoms with Gasteiger partial charge in [0.2, 0.25) is 0 Å². The van der Waals surface area contributed by atoms with Crippen LogP contribution in [0.5, 0.6) is 0 Å². The smallest absolute Gasteiger partial charge is 0.108 e. The van der Waals surface area contributed by atoms with Crippen LogP contribution >= 0.6 is 0 Å². The number of aromatic nitrogens is 2. The molecule has 0 saturated heterocycles. The summed E-state index contributed by atoms with van der Waals surface area (Å²) in [5.41, 5.74) is 5.95. The maximum atomic E-state index is 6.18. The molecule has 0 bridgehead atoms. The number of nitrogens with zero attached hydrogens (tertiary/aromatic N) is 2. The van der Waals surface area contributed by atoms with Crippen molar-refractivity contribution in [1.82, 2.24) is 9.55 Å². The molecule has 2 N–H and O–H groups in total. The molecule has 0 aliphatic rings. The number of aryl methyl sites for hydroxylation is 2. The van der Waals surface area contributed by atoms with E-state index in [4.69, 9.17) is 10.5 Å². The molecule has 0 radical (unpaired) electrons. The first-order valence-electron chi connectivity index (χ1n) is 5.80. The van der Waals surface area contributed by atoms with Gasteiger partial charge in [0, 0.05) is 39.0 Å². The molecule has 0 fully saturated rings. The average molecular weight is 225 g/mol. The zero-order chi connectivity index (χ0) is 12.2. The summed E-state index contributed by atoms with van der Waals surface area (Å²) in [4.78, 5) is 4.29. The van der Waals surface area contributed by atoms with E-state index in [1.165, 1.54) is 0 Å². The first-order valence-corrected chi connectivity index (χ1v) is 5.80. The fourth-order valence-corrected chi connectivity index (χ4v) is 1.79. The molecular formula is C12H23N3O. The Kier molecular flexibility index (Phi) is 4.50. The molecule has 0 aliphatic heterocycles. The second kappa shape index (κ2) is 5.46. The average Bonchev–Trinajstić information content (AvgIpc) is 2.70. The van der Waals surface area contributed by atoms with Gasteiger partial charge in [0.05, 0.1) is 5.60 Å². The van der Waals surface area contributed by atoms with Gasteiger partial charge in [0.1, 0.15) is 5.82 Å². The molecule has 0 spiro atoms. The standard InChI is InChI=1S/C12H23N3O/c1-5-12(2,16-4)10(13)6-7-11-14-8-9-15(11)3/h8-10H,5-7,13H2,1-4H3. The molecular weight excluding hydrogens is 202 g/mol. The fraction of sp³-hybridized carbons (Fsp3) is 0.750. The van der Waals surface area contributed by atoms with Gasteiger partial charge < -0.3 is 15.0 Å². The molecule has 1 heterocycles. The van der Waals surface area contributed by atoms with Crippen molar-refractivity contribution >= 4 is 0 Å². The Bertz CT molecular complexity index is 318. The minimum atomic E-state index is -0.231. The zero-order valence-electron chi connectivity index (χ0n) is 10.7. The summed E-state index contributed by atoms with van der Waals surface area (Å²) in [7, 11) is 3.73. The summed E-state index contributed by atoms with van der Waals surface area (Å²) in [6, 6.07) is 0.0409. The number of imidazole rings is 1. The largest absolute Gasteiger partial charge is 0.377 e. The van der Waals surface area contributed by atoms with Crippen molar-refractivity contribution in [3.8, 4) is 0 Å². The van der Waals surface area contributed by atoms with E-state index in [0.717, 1.165) is 25.1 Å². The molecule has 1 aromatic heterocycles. The fourth-order valence-electron chi connectivity index (χ4n) is 1.79. The molecule has 0 amide bonds. The van der Waals surface area contributed by atoms with Crippen LogP contribution < -0.4 is 5.73 Å². The number of methoxy groups -OCH3 is 1. The van der Waals surface area contributed by atoms with Crippen molar-refractivity contribution in [2.45, 2.75) is 44.8 Å². The Balaban J connectivity index is 2.52. The highest BCUT2D eigenvalue weighted by Gasteiger charge is 2.29. The molecule has 4 heteroatoms. The van der Waals surface area contributed by atoms with Crippen LogP contribution in [-0.4, -0.2) is 28.3 Å². The first kappa shape index (κ1) is 13.2. The van der Waals surface area contributed by atoms with Gasteiger partial charge in [-0.3, -0.25) is 0 Å². The van der Waals surface area contributed by atoms with E-state index in [1.54, 1.807) is 7.11 Å².